The summed E-state index contributed by atoms with van der Waals surface area (Å²) in [7, 11) is 1.92. The number of hydrogen-bond acceptors (Lipinski definition) is 3. The number of halogens is 1. The Kier molecular flexibility index (Phi) is 5.43. The molecule has 110 valence electrons. The zero-order valence-electron chi connectivity index (χ0n) is 11.9. The second kappa shape index (κ2) is 7.09. The first-order chi connectivity index (χ1) is 9.63. The van der Waals surface area contributed by atoms with Crippen LogP contribution in [0.4, 0.5) is 0 Å². The van der Waals surface area contributed by atoms with Crippen molar-refractivity contribution in [2.24, 2.45) is 0 Å². The van der Waals surface area contributed by atoms with Crippen molar-refractivity contribution in [3.63, 3.8) is 0 Å². The molecule has 0 aromatic heterocycles. The van der Waals surface area contributed by atoms with Gasteiger partial charge in [0.1, 0.15) is 5.75 Å². The summed E-state index contributed by atoms with van der Waals surface area (Å²) in [6.07, 6.45) is 1.67. The van der Waals surface area contributed by atoms with E-state index in [4.69, 9.17) is 4.74 Å². The maximum atomic E-state index is 12.5. The quantitative estimate of drug-likeness (QED) is 0.894. The summed E-state index contributed by atoms with van der Waals surface area (Å²) in [6, 6.07) is 7.89. The zero-order chi connectivity index (χ0) is 14.5. The average Bonchev–Trinajstić information content (AvgIpc) is 2.89. The van der Waals surface area contributed by atoms with Crippen LogP contribution >= 0.6 is 15.9 Å². The van der Waals surface area contributed by atoms with E-state index in [1.807, 2.05) is 43.1 Å². The minimum Gasteiger partial charge on any atom is -0.480 e. The van der Waals surface area contributed by atoms with Gasteiger partial charge in [-0.1, -0.05) is 12.1 Å². The number of carbonyl (C=O) groups excluding carboxylic acids is 1. The maximum absolute atomic E-state index is 12.5. The molecule has 1 aromatic carbocycles. The van der Waals surface area contributed by atoms with Crippen LogP contribution in [-0.4, -0.2) is 43.1 Å². The normalized spacial score (nSPS) is 19.9. The molecule has 1 aliphatic heterocycles. The monoisotopic (exact) mass is 340 g/mol. The van der Waals surface area contributed by atoms with Crippen LogP contribution in [0.15, 0.2) is 28.7 Å². The molecule has 1 aliphatic rings. The van der Waals surface area contributed by atoms with Crippen LogP contribution in [0.1, 0.15) is 19.8 Å². The van der Waals surface area contributed by atoms with E-state index >= 15 is 0 Å². The lowest BCUT2D eigenvalue weighted by Gasteiger charge is -2.27. The van der Waals surface area contributed by atoms with E-state index in [0.717, 1.165) is 30.4 Å². The lowest BCUT2D eigenvalue weighted by molar-refractivity contribution is -0.138. The molecule has 4 nitrogen and oxygen atoms in total. The summed E-state index contributed by atoms with van der Waals surface area (Å²) in [6.45, 7) is 3.48. The fraction of sp³-hybridized carbons (Fsp3) is 0.533. The van der Waals surface area contributed by atoms with E-state index in [1.165, 1.54) is 0 Å². The highest BCUT2D eigenvalue weighted by atomic mass is 79.9. The molecule has 1 fully saturated rings. The van der Waals surface area contributed by atoms with Crippen LogP contribution in [-0.2, 0) is 4.79 Å². The van der Waals surface area contributed by atoms with Gasteiger partial charge in [-0.25, -0.2) is 0 Å². The Labute approximate surface area is 128 Å². The fourth-order valence-electron chi connectivity index (χ4n) is 2.59. The third-order valence-electron chi connectivity index (χ3n) is 3.59. The Morgan fingerprint density at radius 2 is 2.30 bits per heavy atom. The summed E-state index contributed by atoms with van der Waals surface area (Å²) in [5, 5.41) is 3.15. The first kappa shape index (κ1) is 15.3. The van der Waals surface area contributed by atoms with Crippen molar-refractivity contribution < 1.29 is 9.53 Å². The maximum Gasteiger partial charge on any atom is 0.263 e. The van der Waals surface area contributed by atoms with Gasteiger partial charge in [-0.05, 0) is 54.9 Å². The Morgan fingerprint density at radius 3 is 3.00 bits per heavy atom. The number of nitrogens with zero attached hydrogens (tertiary/aromatic N) is 1. The summed E-state index contributed by atoms with van der Waals surface area (Å²) in [4.78, 5) is 14.4. The lowest BCUT2D eigenvalue weighted by atomic mass is 10.2. The van der Waals surface area contributed by atoms with Crippen LogP contribution in [0.2, 0.25) is 0 Å². The molecule has 20 heavy (non-hydrogen) atoms. The molecular formula is C15H21BrN2O2. The minimum atomic E-state index is -0.467. The number of likely N-dealkylation sites (N-methyl/N-ethyl adjacent to an activating group) is 1. The molecule has 1 saturated heterocycles. The summed E-state index contributed by atoms with van der Waals surface area (Å²) in [5.74, 6) is 0.774. The second-order valence-electron chi connectivity index (χ2n) is 5.08. The standard InChI is InChI=1S/C15H21BrN2O2/c1-11(20-14-8-4-3-7-13(14)16)15(19)18-9-5-6-12(18)10-17-2/h3-4,7-8,11-12,17H,5-6,9-10H2,1-2H3/t11-,12+/m1/s1. The van der Waals surface area contributed by atoms with Gasteiger partial charge in [0.25, 0.3) is 5.91 Å². The van der Waals surface area contributed by atoms with E-state index in [9.17, 15) is 4.79 Å². The number of rotatable bonds is 5. The molecule has 0 aliphatic carbocycles. The number of nitrogens with one attached hydrogen (secondary N) is 1. The smallest absolute Gasteiger partial charge is 0.263 e. The number of likely N-dealkylation sites (tertiary alicyclic amines) is 1. The number of hydrogen-bond donors (Lipinski definition) is 1. The highest BCUT2D eigenvalue weighted by molar-refractivity contribution is 9.10. The molecule has 2 atom stereocenters. The van der Waals surface area contributed by atoms with Gasteiger partial charge in [-0.2, -0.15) is 0 Å². The number of carbonyl (C=O) groups is 1. The van der Waals surface area contributed by atoms with Crippen molar-refractivity contribution in [2.45, 2.75) is 31.9 Å². The van der Waals surface area contributed by atoms with Crippen LogP contribution in [0, 0.1) is 0 Å². The molecule has 1 heterocycles. The highest BCUT2D eigenvalue weighted by Gasteiger charge is 2.31. The summed E-state index contributed by atoms with van der Waals surface area (Å²) in [5.41, 5.74) is 0. The van der Waals surface area contributed by atoms with Crippen molar-refractivity contribution in [1.29, 1.82) is 0 Å². The molecule has 0 bridgehead atoms. The molecule has 0 spiro atoms. The van der Waals surface area contributed by atoms with Crippen molar-refractivity contribution in [1.82, 2.24) is 10.2 Å². The number of para-hydroxylation sites is 1. The SMILES string of the molecule is CNC[C@@H]1CCCN1C(=O)[C@@H](C)Oc1ccccc1Br. The number of benzene rings is 1. The van der Waals surface area contributed by atoms with Crippen LogP contribution in [0.5, 0.6) is 5.75 Å². The third-order valence-corrected chi connectivity index (χ3v) is 4.24. The Morgan fingerprint density at radius 1 is 1.55 bits per heavy atom. The molecule has 0 saturated carbocycles. The number of amides is 1. The molecule has 1 amide bonds. The van der Waals surface area contributed by atoms with Gasteiger partial charge in [-0.15, -0.1) is 0 Å². The van der Waals surface area contributed by atoms with E-state index in [1.54, 1.807) is 0 Å². The van der Waals surface area contributed by atoms with E-state index in [-0.39, 0.29) is 11.9 Å². The van der Waals surface area contributed by atoms with Gasteiger partial charge in [0.2, 0.25) is 0 Å². The predicted molar refractivity (Wildman–Crippen MR) is 82.9 cm³/mol. The molecular weight excluding hydrogens is 320 g/mol. The molecule has 0 radical (unpaired) electrons. The van der Waals surface area contributed by atoms with Crippen LogP contribution < -0.4 is 10.1 Å². The molecule has 0 unspecified atom stereocenters. The molecule has 2 rings (SSSR count). The van der Waals surface area contributed by atoms with Gasteiger partial charge in [0.15, 0.2) is 6.10 Å². The van der Waals surface area contributed by atoms with Crippen molar-refractivity contribution >= 4 is 21.8 Å². The van der Waals surface area contributed by atoms with E-state index < -0.39 is 6.10 Å². The molecule has 1 aromatic rings. The Balaban J connectivity index is 2.00. The van der Waals surface area contributed by atoms with Crippen molar-refractivity contribution in [3.05, 3.63) is 28.7 Å². The molecule has 5 heteroatoms. The lowest BCUT2D eigenvalue weighted by Crippen LogP contribution is -2.46. The van der Waals surface area contributed by atoms with Gasteiger partial charge < -0.3 is 15.0 Å². The van der Waals surface area contributed by atoms with Gasteiger partial charge in [0, 0.05) is 19.1 Å². The topological polar surface area (TPSA) is 41.6 Å². The van der Waals surface area contributed by atoms with E-state index in [2.05, 4.69) is 21.2 Å². The van der Waals surface area contributed by atoms with Gasteiger partial charge >= 0.3 is 0 Å². The average molecular weight is 341 g/mol. The Hall–Kier alpha value is -1.07. The van der Waals surface area contributed by atoms with E-state index in [0.29, 0.717) is 5.75 Å². The first-order valence-corrected chi connectivity index (χ1v) is 7.79. The minimum absolute atomic E-state index is 0.0681. The largest absolute Gasteiger partial charge is 0.480 e. The predicted octanol–water partition coefficient (Wildman–Crippen LogP) is 2.43. The van der Waals surface area contributed by atoms with Crippen LogP contribution in [0.25, 0.3) is 0 Å². The highest BCUT2D eigenvalue weighted by Crippen LogP contribution is 2.26. The zero-order valence-corrected chi connectivity index (χ0v) is 13.5. The van der Waals surface area contributed by atoms with Crippen molar-refractivity contribution in [2.75, 3.05) is 20.1 Å². The fourth-order valence-corrected chi connectivity index (χ4v) is 2.97. The van der Waals surface area contributed by atoms with Crippen molar-refractivity contribution in [3.8, 4) is 5.75 Å². The Bertz CT molecular complexity index is 467. The summed E-state index contributed by atoms with van der Waals surface area (Å²) < 4.78 is 6.66. The third kappa shape index (κ3) is 3.52. The second-order valence-corrected chi connectivity index (χ2v) is 5.93. The van der Waals surface area contributed by atoms with Gasteiger partial charge in [0.05, 0.1) is 4.47 Å². The number of ether oxygens (including phenoxy) is 1. The van der Waals surface area contributed by atoms with Crippen LogP contribution in [0.3, 0.4) is 0 Å². The first-order valence-electron chi connectivity index (χ1n) is 6.99. The van der Waals surface area contributed by atoms with Gasteiger partial charge in [-0.3, -0.25) is 4.79 Å². The molecule has 1 N–H and O–H groups in total. The summed E-state index contributed by atoms with van der Waals surface area (Å²) >= 11 is 3.43.